The van der Waals surface area contributed by atoms with Gasteiger partial charge in [0.2, 0.25) is 0 Å². The Labute approximate surface area is 192 Å². The summed E-state index contributed by atoms with van der Waals surface area (Å²) in [7, 11) is 0. The Kier molecular flexibility index (Phi) is 19.4. The lowest BCUT2D eigenvalue weighted by molar-refractivity contribution is -0.173. The zero-order valence-corrected chi connectivity index (χ0v) is 20.9. The van der Waals surface area contributed by atoms with Crippen LogP contribution in [-0.2, 0) is 19.1 Å². The molecule has 0 spiro atoms. The Bertz CT molecular complexity index is 511. The van der Waals surface area contributed by atoms with Gasteiger partial charge in [0.15, 0.2) is 5.41 Å². The van der Waals surface area contributed by atoms with Crippen molar-refractivity contribution in [2.45, 2.75) is 130 Å². The average Bonchev–Trinajstić information content (AvgIpc) is 2.78. The van der Waals surface area contributed by atoms with Crippen LogP contribution in [0, 0.1) is 17.3 Å². The molecule has 0 atom stereocenters. The number of esters is 2. The van der Waals surface area contributed by atoms with Crippen molar-refractivity contribution in [1.29, 1.82) is 0 Å². The first-order valence-electron chi connectivity index (χ1n) is 12.9. The minimum absolute atomic E-state index is 0.382. The van der Waals surface area contributed by atoms with E-state index in [4.69, 9.17) is 9.47 Å². The summed E-state index contributed by atoms with van der Waals surface area (Å²) in [4.78, 5) is 25.4. The van der Waals surface area contributed by atoms with Crippen LogP contribution < -0.4 is 0 Å². The lowest BCUT2D eigenvalue weighted by Crippen LogP contribution is -2.41. The molecule has 0 fully saturated rings. The molecule has 0 N–H and O–H groups in total. The second-order valence-corrected chi connectivity index (χ2v) is 8.41. The molecule has 0 heterocycles. The van der Waals surface area contributed by atoms with E-state index in [1.165, 1.54) is 44.9 Å². The first-order chi connectivity index (χ1) is 15.1. The molecule has 0 aliphatic rings. The Morgan fingerprint density at radius 1 is 0.613 bits per heavy atom. The molecule has 0 saturated heterocycles. The SMILES string of the molecule is CCC#CCCCCCCCCOC(=O)C(CC)(CC)C(=O)OCCCCCCCC. The van der Waals surface area contributed by atoms with Gasteiger partial charge in [0.05, 0.1) is 13.2 Å². The van der Waals surface area contributed by atoms with E-state index in [0.29, 0.717) is 26.1 Å². The first kappa shape index (κ1) is 29.5. The highest BCUT2D eigenvalue weighted by Crippen LogP contribution is 2.30. The standard InChI is InChI=1S/C27H48O4/c1-5-9-11-13-15-16-17-18-20-22-24-31-26(29)27(7-3,8-4)25(28)30-23-21-19-14-12-10-6-2/h5-8,10,12-24H2,1-4H3. The summed E-state index contributed by atoms with van der Waals surface area (Å²) >= 11 is 0. The van der Waals surface area contributed by atoms with E-state index in [2.05, 4.69) is 25.7 Å². The van der Waals surface area contributed by atoms with Crippen molar-refractivity contribution < 1.29 is 19.1 Å². The first-order valence-corrected chi connectivity index (χ1v) is 12.9. The van der Waals surface area contributed by atoms with Crippen LogP contribution >= 0.6 is 0 Å². The van der Waals surface area contributed by atoms with E-state index in [-0.39, 0.29) is 0 Å². The number of unbranched alkanes of at least 4 members (excludes halogenated alkanes) is 11. The van der Waals surface area contributed by atoms with Crippen molar-refractivity contribution in [3.05, 3.63) is 0 Å². The van der Waals surface area contributed by atoms with Crippen LogP contribution in [0.5, 0.6) is 0 Å². The molecule has 0 rings (SSSR count). The van der Waals surface area contributed by atoms with E-state index < -0.39 is 17.4 Å². The molecule has 4 heteroatoms. The van der Waals surface area contributed by atoms with Gasteiger partial charge in [-0.15, -0.1) is 11.8 Å². The minimum atomic E-state index is -1.15. The smallest absolute Gasteiger partial charge is 0.323 e. The molecule has 0 aliphatic carbocycles. The van der Waals surface area contributed by atoms with Gasteiger partial charge in [-0.25, -0.2) is 0 Å². The van der Waals surface area contributed by atoms with Crippen LogP contribution in [0.15, 0.2) is 0 Å². The van der Waals surface area contributed by atoms with E-state index >= 15 is 0 Å². The molecule has 0 amide bonds. The number of hydrogen-bond acceptors (Lipinski definition) is 4. The van der Waals surface area contributed by atoms with Crippen molar-refractivity contribution >= 4 is 11.9 Å². The maximum absolute atomic E-state index is 12.7. The third-order valence-electron chi connectivity index (χ3n) is 5.95. The van der Waals surface area contributed by atoms with Crippen LogP contribution in [0.4, 0.5) is 0 Å². The van der Waals surface area contributed by atoms with Crippen LogP contribution in [0.3, 0.4) is 0 Å². The van der Waals surface area contributed by atoms with Crippen LogP contribution in [0.1, 0.15) is 130 Å². The van der Waals surface area contributed by atoms with Crippen LogP contribution in [-0.4, -0.2) is 25.2 Å². The summed E-state index contributed by atoms with van der Waals surface area (Å²) < 4.78 is 11.0. The van der Waals surface area contributed by atoms with Gasteiger partial charge in [-0.1, -0.05) is 85.5 Å². The highest BCUT2D eigenvalue weighted by Gasteiger charge is 2.45. The second-order valence-electron chi connectivity index (χ2n) is 8.41. The van der Waals surface area contributed by atoms with Gasteiger partial charge < -0.3 is 9.47 Å². The van der Waals surface area contributed by atoms with Gasteiger partial charge in [0, 0.05) is 12.8 Å². The largest absolute Gasteiger partial charge is 0.465 e. The molecule has 0 unspecified atom stereocenters. The van der Waals surface area contributed by atoms with Crippen molar-refractivity contribution in [3.63, 3.8) is 0 Å². The Hall–Kier alpha value is -1.50. The summed E-state index contributed by atoms with van der Waals surface area (Å²) in [5.41, 5.74) is -1.15. The predicted molar refractivity (Wildman–Crippen MR) is 129 cm³/mol. The molecule has 0 radical (unpaired) electrons. The zero-order valence-electron chi connectivity index (χ0n) is 20.9. The molecule has 0 saturated carbocycles. The monoisotopic (exact) mass is 436 g/mol. The zero-order chi connectivity index (χ0) is 23.2. The summed E-state index contributed by atoms with van der Waals surface area (Å²) in [5, 5.41) is 0. The normalized spacial score (nSPS) is 11.0. The van der Waals surface area contributed by atoms with Gasteiger partial charge >= 0.3 is 11.9 Å². The average molecular weight is 437 g/mol. The lowest BCUT2D eigenvalue weighted by atomic mass is 9.82. The third kappa shape index (κ3) is 13.5. The molecular weight excluding hydrogens is 388 g/mol. The fourth-order valence-electron chi connectivity index (χ4n) is 3.64. The maximum atomic E-state index is 12.7. The number of ether oxygens (including phenoxy) is 2. The van der Waals surface area contributed by atoms with E-state index in [1.54, 1.807) is 0 Å². The van der Waals surface area contributed by atoms with Crippen molar-refractivity contribution in [2.24, 2.45) is 5.41 Å². The van der Waals surface area contributed by atoms with Crippen LogP contribution in [0.2, 0.25) is 0 Å². The summed E-state index contributed by atoms with van der Waals surface area (Å²) in [5.74, 6) is 5.44. The lowest BCUT2D eigenvalue weighted by Gasteiger charge is -2.27. The fourth-order valence-corrected chi connectivity index (χ4v) is 3.64. The van der Waals surface area contributed by atoms with Crippen molar-refractivity contribution in [1.82, 2.24) is 0 Å². The molecule has 180 valence electrons. The quantitative estimate of drug-likeness (QED) is 0.0917. The summed E-state index contributed by atoms with van der Waals surface area (Å²) in [6.45, 7) is 8.77. The van der Waals surface area contributed by atoms with Gasteiger partial charge in [0.1, 0.15) is 0 Å². The van der Waals surface area contributed by atoms with Crippen molar-refractivity contribution in [3.8, 4) is 11.8 Å². The molecule has 4 nitrogen and oxygen atoms in total. The number of hydrogen-bond donors (Lipinski definition) is 0. The summed E-state index contributed by atoms with van der Waals surface area (Å²) in [6, 6.07) is 0. The Morgan fingerprint density at radius 3 is 1.52 bits per heavy atom. The molecule has 0 bridgehead atoms. The van der Waals surface area contributed by atoms with Gasteiger partial charge in [-0.2, -0.15) is 0 Å². The molecule has 0 aliphatic heterocycles. The van der Waals surface area contributed by atoms with E-state index in [9.17, 15) is 9.59 Å². The van der Waals surface area contributed by atoms with Gasteiger partial charge in [0.25, 0.3) is 0 Å². The van der Waals surface area contributed by atoms with Crippen molar-refractivity contribution in [2.75, 3.05) is 13.2 Å². The number of carbonyl (C=O) groups is 2. The highest BCUT2D eigenvalue weighted by atomic mass is 16.6. The van der Waals surface area contributed by atoms with E-state index in [1.807, 2.05) is 13.8 Å². The van der Waals surface area contributed by atoms with Gasteiger partial charge in [-0.3, -0.25) is 9.59 Å². The molecular formula is C27H48O4. The molecule has 0 aromatic heterocycles. The second kappa shape index (κ2) is 20.4. The number of rotatable bonds is 19. The topological polar surface area (TPSA) is 52.6 Å². The van der Waals surface area contributed by atoms with Crippen LogP contribution in [0.25, 0.3) is 0 Å². The van der Waals surface area contributed by atoms with E-state index in [0.717, 1.165) is 44.9 Å². The molecule has 0 aromatic rings. The molecule has 31 heavy (non-hydrogen) atoms. The van der Waals surface area contributed by atoms with Gasteiger partial charge in [-0.05, 0) is 32.1 Å². The third-order valence-corrected chi connectivity index (χ3v) is 5.95. The number of carbonyl (C=O) groups excluding carboxylic acids is 2. The highest BCUT2D eigenvalue weighted by molar-refractivity contribution is 5.99. The fraction of sp³-hybridized carbons (Fsp3) is 0.852. The minimum Gasteiger partial charge on any atom is -0.465 e. The maximum Gasteiger partial charge on any atom is 0.323 e. The summed E-state index contributed by atoms with van der Waals surface area (Å²) in [6.07, 6.45) is 16.2. The Balaban J connectivity index is 4.08. The predicted octanol–water partition coefficient (Wildman–Crippen LogP) is 7.38. The Morgan fingerprint density at radius 2 is 1.06 bits per heavy atom. The molecule has 0 aromatic carbocycles.